The van der Waals surface area contributed by atoms with Crippen LogP contribution in [0.25, 0.3) is 11.0 Å². The van der Waals surface area contributed by atoms with Gasteiger partial charge in [0.15, 0.2) is 0 Å². The first-order valence-electron chi connectivity index (χ1n) is 5.36. The number of fused-ring (bicyclic) bond motifs is 1. The summed E-state index contributed by atoms with van der Waals surface area (Å²) in [6.45, 7) is 0. The normalized spacial score (nSPS) is 12.4. The lowest BCUT2D eigenvalue weighted by molar-refractivity contribution is -0.115. The van der Waals surface area contributed by atoms with Gasteiger partial charge in [0, 0.05) is 21.7 Å². The van der Waals surface area contributed by atoms with Crippen LogP contribution in [0, 0.1) is 0 Å². The Bertz CT molecular complexity index is 676. The highest BCUT2D eigenvalue weighted by molar-refractivity contribution is 7.84. The number of carboxylic acids is 1. The highest BCUT2D eigenvalue weighted by atomic mass is 32.2. The number of furan rings is 1. The van der Waals surface area contributed by atoms with Gasteiger partial charge in [0.1, 0.15) is 11.3 Å². The van der Waals surface area contributed by atoms with Crippen molar-refractivity contribution in [3.05, 3.63) is 35.6 Å². The van der Waals surface area contributed by atoms with Gasteiger partial charge < -0.3 is 15.3 Å². The monoisotopic (exact) mass is 281 g/mol. The van der Waals surface area contributed by atoms with Crippen molar-refractivity contribution in [2.45, 2.75) is 5.75 Å². The van der Waals surface area contributed by atoms with Crippen LogP contribution < -0.4 is 5.73 Å². The number of aromatic carboxylic acids is 1. The zero-order valence-corrected chi connectivity index (χ0v) is 10.6. The summed E-state index contributed by atoms with van der Waals surface area (Å²) in [5, 5.41) is 9.66. The fourth-order valence-electron chi connectivity index (χ4n) is 1.79. The second-order valence-corrected chi connectivity index (χ2v) is 5.36. The summed E-state index contributed by atoms with van der Waals surface area (Å²) in [6, 6.07) is 6.75. The van der Waals surface area contributed by atoms with Gasteiger partial charge in [-0.15, -0.1) is 0 Å². The van der Waals surface area contributed by atoms with Crippen LogP contribution in [0.2, 0.25) is 0 Å². The van der Waals surface area contributed by atoms with Gasteiger partial charge >= 0.3 is 5.97 Å². The van der Waals surface area contributed by atoms with Gasteiger partial charge in [-0.05, 0) is 6.07 Å². The Kier molecular flexibility index (Phi) is 3.66. The number of para-hydroxylation sites is 1. The maximum absolute atomic E-state index is 11.7. The van der Waals surface area contributed by atoms with Gasteiger partial charge in [-0.25, -0.2) is 4.79 Å². The minimum atomic E-state index is -1.56. The van der Waals surface area contributed by atoms with E-state index >= 15 is 0 Å². The third-order valence-electron chi connectivity index (χ3n) is 2.50. The Labute approximate surface area is 110 Å². The molecule has 0 aliphatic heterocycles. The first-order valence-corrected chi connectivity index (χ1v) is 6.85. The summed E-state index contributed by atoms with van der Waals surface area (Å²) in [4.78, 5) is 21.8. The zero-order chi connectivity index (χ0) is 14.0. The van der Waals surface area contributed by atoms with Gasteiger partial charge in [0.05, 0.1) is 5.75 Å². The van der Waals surface area contributed by atoms with Crippen molar-refractivity contribution in [1.29, 1.82) is 0 Å². The van der Waals surface area contributed by atoms with Crippen LogP contribution in [0.5, 0.6) is 0 Å². The Hall–Kier alpha value is -2.15. The van der Waals surface area contributed by atoms with E-state index in [4.69, 9.17) is 15.3 Å². The summed E-state index contributed by atoms with van der Waals surface area (Å²) in [5.74, 6) is -2.57. The first-order chi connectivity index (χ1) is 8.99. The van der Waals surface area contributed by atoms with Crippen LogP contribution in [-0.4, -0.2) is 26.9 Å². The van der Waals surface area contributed by atoms with E-state index in [0.29, 0.717) is 16.5 Å². The molecule has 1 unspecified atom stereocenters. The molecule has 0 aliphatic rings. The molecular weight excluding hydrogens is 270 g/mol. The molecule has 0 saturated carbocycles. The molecule has 0 radical (unpaired) electrons. The van der Waals surface area contributed by atoms with Gasteiger partial charge in [0.25, 0.3) is 0 Å². The molecule has 7 heteroatoms. The zero-order valence-electron chi connectivity index (χ0n) is 9.79. The molecule has 1 aromatic heterocycles. The number of rotatable bonds is 5. The van der Waals surface area contributed by atoms with E-state index in [1.54, 1.807) is 24.3 Å². The van der Waals surface area contributed by atoms with Crippen molar-refractivity contribution in [2.75, 3.05) is 5.75 Å². The number of nitrogens with two attached hydrogens (primary N) is 1. The van der Waals surface area contributed by atoms with Gasteiger partial charge in [0.2, 0.25) is 11.7 Å². The highest BCUT2D eigenvalue weighted by Crippen LogP contribution is 2.27. The van der Waals surface area contributed by atoms with Crippen LogP contribution in [-0.2, 0) is 21.3 Å². The van der Waals surface area contributed by atoms with Crippen LogP contribution in [0.4, 0.5) is 0 Å². The Morgan fingerprint density at radius 3 is 2.63 bits per heavy atom. The quantitative estimate of drug-likeness (QED) is 0.844. The number of carbonyl (C=O) groups excluding carboxylic acids is 1. The Morgan fingerprint density at radius 2 is 2.00 bits per heavy atom. The molecule has 100 valence electrons. The van der Waals surface area contributed by atoms with E-state index in [2.05, 4.69) is 0 Å². The van der Waals surface area contributed by atoms with E-state index in [1.807, 2.05) is 0 Å². The lowest BCUT2D eigenvalue weighted by Crippen LogP contribution is -2.20. The minimum absolute atomic E-state index is 0.0818. The van der Waals surface area contributed by atoms with Crippen molar-refractivity contribution < 1.29 is 23.3 Å². The molecule has 0 saturated heterocycles. The Morgan fingerprint density at radius 1 is 1.32 bits per heavy atom. The lowest BCUT2D eigenvalue weighted by Gasteiger charge is -1.99. The predicted octanol–water partition coefficient (Wildman–Crippen LogP) is 0.865. The van der Waals surface area contributed by atoms with Gasteiger partial charge in [-0.1, -0.05) is 18.2 Å². The maximum Gasteiger partial charge on any atom is 0.372 e. The molecule has 2 aromatic rings. The number of hydrogen-bond donors (Lipinski definition) is 2. The molecule has 0 aliphatic carbocycles. The number of benzene rings is 1. The van der Waals surface area contributed by atoms with E-state index in [1.165, 1.54) is 0 Å². The second kappa shape index (κ2) is 5.23. The number of carboxylic acid groups (broad SMARTS) is 1. The summed E-state index contributed by atoms with van der Waals surface area (Å²) in [5.41, 5.74) is 5.69. The fraction of sp³-hybridized carbons (Fsp3) is 0.167. The molecule has 1 aromatic carbocycles. The molecule has 0 bridgehead atoms. The molecule has 19 heavy (non-hydrogen) atoms. The number of primary amides is 1. The summed E-state index contributed by atoms with van der Waals surface area (Å²) < 4.78 is 16.9. The van der Waals surface area contributed by atoms with Crippen molar-refractivity contribution in [3.63, 3.8) is 0 Å². The van der Waals surface area contributed by atoms with E-state index in [9.17, 15) is 13.8 Å². The molecule has 2 rings (SSSR count). The van der Waals surface area contributed by atoms with Gasteiger partial charge in [-0.3, -0.25) is 9.00 Å². The highest BCUT2D eigenvalue weighted by Gasteiger charge is 2.21. The third kappa shape index (κ3) is 2.82. The molecular formula is C12H11NO5S. The summed E-state index contributed by atoms with van der Waals surface area (Å²) in [6.07, 6.45) is 0. The average Bonchev–Trinajstić information content (AvgIpc) is 2.67. The number of amides is 1. The summed E-state index contributed by atoms with van der Waals surface area (Å²) >= 11 is 0. The third-order valence-corrected chi connectivity index (χ3v) is 3.72. The molecule has 0 fully saturated rings. The predicted molar refractivity (Wildman–Crippen MR) is 69.1 cm³/mol. The van der Waals surface area contributed by atoms with Crippen LogP contribution in [0.15, 0.2) is 28.7 Å². The van der Waals surface area contributed by atoms with Crippen molar-refractivity contribution in [2.24, 2.45) is 5.73 Å². The minimum Gasteiger partial charge on any atom is -0.475 e. The maximum atomic E-state index is 11.7. The van der Waals surface area contributed by atoms with E-state index in [-0.39, 0.29) is 17.3 Å². The molecule has 1 atom stereocenters. The van der Waals surface area contributed by atoms with Gasteiger partial charge in [-0.2, -0.15) is 0 Å². The van der Waals surface area contributed by atoms with Crippen LogP contribution in [0.1, 0.15) is 16.1 Å². The molecule has 1 amide bonds. The number of carbonyl (C=O) groups is 2. The van der Waals surface area contributed by atoms with E-state index in [0.717, 1.165) is 0 Å². The SMILES string of the molecule is NC(=O)CS(=O)Cc1c(C(=O)O)oc2ccccc12. The second-order valence-electron chi connectivity index (χ2n) is 3.91. The number of hydrogen-bond acceptors (Lipinski definition) is 4. The van der Waals surface area contributed by atoms with Crippen molar-refractivity contribution in [3.8, 4) is 0 Å². The first kappa shape index (κ1) is 13.3. The lowest BCUT2D eigenvalue weighted by atomic mass is 10.1. The Balaban J connectivity index is 2.45. The van der Waals surface area contributed by atoms with Crippen molar-refractivity contribution >= 4 is 33.6 Å². The largest absolute Gasteiger partial charge is 0.475 e. The van der Waals surface area contributed by atoms with Crippen LogP contribution in [0.3, 0.4) is 0 Å². The molecule has 6 nitrogen and oxygen atoms in total. The average molecular weight is 281 g/mol. The summed E-state index contributed by atoms with van der Waals surface area (Å²) in [7, 11) is -1.56. The topological polar surface area (TPSA) is 111 Å². The smallest absolute Gasteiger partial charge is 0.372 e. The molecule has 3 N–H and O–H groups in total. The van der Waals surface area contributed by atoms with Crippen molar-refractivity contribution in [1.82, 2.24) is 0 Å². The molecule has 0 spiro atoms. The van der Waals surface area contributed by atoms with E-state index < -0.39 is 22.7 Å². The fourth-order valence-corrected chi connectivity index (χ4v) is 2.81. The standard InChI is InChI=1S/C12H11NO5S/c13-10(14)6-19(17)5-8-7-3-1-2-4-9(7)18-11(8)12(15)16/h1-4H,5-6H2,(H2,13,14)(H,15,16). The molecule has 1 heterocycles. The van der Waals surface area contributed by atoms with Crippen LogP contribution >= 0.6 is 0 Å².